The first-order valence-electron chi connectivity index (χ1n) is 6.93. The van der Waals surface area contributed by atoms with Crippen LogP contribution in [0.1, 0.15) is 44.1 Å². The number of unbranched alkanes of at least 4 members (excludes halogenated alkanes) is 3. The van der Waals surface area contributed by atoms with Crippen molar-refractivity contribution in [3.8, 4) is 0 Å². The van der Waals surface area contributed by atoms with Gasteiger partial charge in [0.1, 0.15) is 0 Å². The van der Waals surface area contributed by atoms with Crippen LogP contribution in [-0.2, 0) is 16.2 Å². The maximum Gasteiger partial charge on any atom is 0.243 e. The number of anilines is 1. The third kappa shape index (κ3) is 7.38. The first-order chi connectivity index (χ1) is 10.2. The molecule has 0 spiro atoms. The molecule has 2 amide bonds. The van der Waals surface area contributed by atoms with Crippen molar-refractivity contribution in [2.75, 3.05) is 5.32 Å². The second-order valence-electron chi connectivity index (χ2n) is 4.74. The van der Waals surface area contributed by atoms with E-state index in [1.807, 2.05) is 0 Å². The maximum absolute atomic E-state index is 11.7. The molecule has 1 aromatic heterocycles. The molecule has 0 aliphatic carbocycles. The molecule has 0 saturated heterocycles. The molecule has 0 fully saturated rings. The Hall–Kier alpha value is -1.99. The van der Waals surface area contributed by atoms with E-state index in [1.54, 1.807) is 11.5 Å². The largest absolute Gasteiger partial charge is 0.392 e. The van der Waals surface area contributed by atoms with Crippen molar-refractivity contribution in [3.63, 3.8) is 0 Å². The van der Waals surface area contributed by atoms with Crippen LogP contribution in [0.3, 0.4) is 0 Å². The molecule has 0 saturated carbocycles. The second kappa shape index (κ2) is 9.84. The SMILES string of the molecule is O=C(CCCCCCC(=O)Nc1cncc(CO)c1)NO. The number of aliphatic hydroxyl groups excluding tert-OH is 1. The minimum atomic E-state index is -0.385. The van der Waals surface area contributed by atoms with E-state index < -0.39 is 0 Å². The Labute approximate surface area is 123 Å². The molecular formula is C14H21N3O4. The van der Waals surface area contributed by atoms with Gasteiger partial charge in [0.2, 0.25) is 11.8 Å². The summed E-state index contributed by atoms with van der Waals surface area (Å²) in [5.74, 6) is -0.482. The van der Waals surface area contributed by atoms with E-state index in [-0.39, 0.29) is 18.4 Å². The summed E-state index contributed by atoms with van der Waals surface area (Å²) in [7, 11) is 0. The first kappa shape index (κ1) is 17.1. The van der Waals surface area contributed by atoms with Gasteiger partial charge >= 0.3 is 0 Å². The van der Waals surface area contributed by atoms with Gasteiger partial charge in [0.15, 0.2) is 0 Å². The molecule has 0 radical (unpaired) electrons. The number of aliphatic hydroxyl groups is 1. The van der Waals surface area contributed by atoms with Crippen molar-refractivity contribution < 1.29 is 19.9 Å². The van der Waals surface area contributed by atoms with Crippen molar-refractivity contribution in [1.29, 1.82) is 0 Å². The van der Waals surface area contributed by atoms with E-state index in [0.717, 1.165) is 19.3 Å². The van der Waals surface area contributed by atoms with Crippen molar-refractivity contribution in [2.24, 2.45) is 0 Å². The number of hydrogen-bond acceptors (Lipinski definition) is 5. The second-order valence-corrected chi connectivity index (χ2v) is 4.74. The van der Waals surface area contributed by atoms with Crippen LogP contribution in [0.5, 0.6) is 0 Å². The molecule has 0 unspecified atom stereocenters. The third-order valence-electron chi connectivity index (χ3n) is 2.94. The fraction of sp³-hybridized carbons (Fsp3) is 0.500. The number of nitrogens with one attached hydrogen (secondary N) is 2. The van der Waals surface area contributed by atoms with Crippen LogP contribution in [0.25, 0.3) is 0 Å². The fourth-order valence-electron chi connectivity index (χ4n) is 1.85. The topological polar surface area (TPSA) is 112 Å². The van der Waals surface area contributed by atoms with Crippen LogP contribution in [0.15, 0.2) is 18.5 Å². The zero-order valence-corrected chi connectivity index (χ0v) is 11.8. The molecule has 7 nitrogen and oxygen atoms in total. The van der Waals surface area contributed by atoms with Gasteiger partial charge in [-0.15, -0.1) is 0 Å². The Bertz CT molecular complexity index is 465. The molecule has 4 N–H and O–H groups in total. The number of nitrogens with zero attached hydrogens (tertiary/aromatic N) is 1. The number of pyridine rings is 1. The summed E-state index contributed by atoms with van der Waals surface area (Å²) < 4.78 is 0. The predicted molar refractivity (Wildman–Crippen MR) is 76.4 cm³/mol. The highest BCUT2D eigenvalue weighted by Crippen LogP contribution is 2.10. The molecule has 0 aliphatic rings. The highest BCUT2D eigenvalue weighted by molar-refractivity contribution is 5.90. The Kier molecular flexibility index (Phi) is 8.00. The standard InChI is InChI=1S/C14H21N3O4/c18-10-11-7-12(9-15-8-11)16-13(19)5-3-1-2-4-6-14(20)17-21/h7-9,18,21H,1-6,10H2,(H,16,19)(H,17,20). The van der Waals surface area contributed by atoms with Gasteiger partial charge in [0.05, 0.1) is 18.5 Å². The molecule has 116 valence electrons. The van der Waals surface area contributed by atoms with Crippen molar-refractivity contribution in [3.05, 3.63) is 24.0 Å². The first-order valence-corrected chi connectivity index (χ1v) is 6.93. The lowest BCUT2D eigenvalue weighted by atomic mass is 10.1. The van der Waals surface area contributed by atoms with Crippen LogP contribution in [0.4, 0.5) is 5.69 Å². The van der Waals surface area contributed by atoms with Gasteiger partial charge in [-0.1, -0.05) is 12.8 Å². The molecule has 0 bridgehead atoms. The molecule has 0 aliphatic heterocycles. The van der Waals surface area contributed by atoms with Crippen LogP contribution in [0, 0.1) is 0 Å². The molecule has 1 rings (SSSR count). The van der Waals surface area contributed by atoms with E-state index in [1.165, 1.54) is 12.4 Å². The van der Waals surface area contributed by atoms with E-state index in [0.29, 0.717) is 30.5 Å². The normalized spacial score (nSPS) is 10.2. The Balaban J connectivity index is 2.15. The van der Waals surface area contributed by atoms with E-state index in [4.69, 9.17) is 10.3 Å². The lowest BCUT2D eigenvalue weighted by Gasteiger charge is -2.06. The quantitative estimate of drug-likeness (QED) is 0.312. The van der Waals surface area contributed by atoms with Crippen LogP contribution >= 0.6 is 0 Å². The predicted octanol–water partition coefficient (Wildman–Crippen LogP) is 1.36. The van der Waals surface area contributed by atoms with Gasteiger partial charge in [-0.05, 0) is 24.5 Å². The summed E-state index contributed by atoms with van der Waals surface area (Å²) in [6.45, 7) is -0.113. The number of rotatable bonds is 9. The summed E-state index contributed by atoms with van der Waals surface area (Å²) in [5, 5.41) is 20.0. The van der Waals surface area contributed by atoms with Gasteiger partial charge in [0.25, 0.3) is 0 Å². The monoisotopic (exact) mass is 295 g/mol. The maximum atomic E-state index is 11.7. The summed E-state index contributed by atoms with van der Waals surface area (Å²) in [5.41, 5.74) is 2.81. The molecule has 0 atom stereocenters. The summed E-state index contributed by atoms with van der Waals surface area (Å²) in [6, 6.07) is 1.68. The lowest BCUT2D eigenvalue weighted by molar-refractivity contribution is -0.129. The highest BCUT2D eigenvalue weighted by Gasteiger charge is 2.04. The minimum Gasteiger partial charge on any atom is -0.392 e. The number of amides is 2. The lowest BCUT2D eigenvalue weighted by Crippen LogP contribution is -2.17. The molecule has 0 aromatic carbocycles. The number of aromatic nitrogens is 1. The van der Waals surface area contributed by atoms with Crippen LogP contribution < -0.4 is 10.8 Å². The molecular weight excluding hydrogens is 274 g/mol. The third-order valence-corrected chi connectivity index (χ3v) is 2.94. The van der Waals surface area contributed by atoms with Gasteiger partial charge in [-0.25, -0.2) is 5.48 Å². The number of carbonyl (C=O) groups is 2. The molecule has 1 aromatic rings. The van der Waals surface area contributed by atoms with E-state index >= 15 is 0 Å². The summed E-state index contributed by atoms with van der Waals surface area (Å²) in [6.07, 6.45) is 6.88. The van der Waals surface area contributed by atoms with Gasteiger partial charge in [-0.2, -0.15) is 0 Å². The van der Waals surface area contributed by atoms with Crippen LogP contribution in [0.2, 0.25) is 0 Å². The number of hydroxylamine groups is 1. The minimum absolute atomic E-state index is 0.0972. The zero-order chi connectivity index (χ0) is 15.5. The average molecular weight is 295 g/mol. The average Bonchev–Trinajstić information content (AvgIpc) is 2.50. The van der Waals surface area contributed by atoms with E-state index in [9.17, 15) is 9.59 Å². The van der Waals surface area contributed by atoms with Crippen molar-refractivity contribution in [1.82, 2.24) is 10.5 Å². The van der Waals surface area contributed by atoms with Crippen molar-refractivity contribution in [2.45, 2.75) is 45.1 Å². The zero-order valence-electron chi connectivity index (χ0n) is 11.8. The smallest absolute Gasteiger partial charge is 0.243 e. The van der Waals surface area contributed by atoms with Crippen molar-refractivity contribution >= 4 is 17.5 Å². The fourth-order valence-corrected chi connectivity index (χ4v) is 1.85. The number of carbonyl (C=O) groups excluding carboxylic acids is 2. The van der Waals surface area contributed by atoms with Gasteiger partial charge in [0, 0.05) is 19.0 Å². The van der Waals surface area contributed by atoms with E-state index in [2.05, 4.69) is 10.3 Å². The highest BCUT2D eigenvalue weighted by atomic mass is 16.5. The molecule has 1 heterocycles. The molecule has 21 heavy (non-hydrogen) atoms. The summed E-state index contributed by atoms with van der Waals surface area (Å²) in [4.78, 5) is 26.4. The number of hydrogen-bond donors (Lipinski definition) is 4. The van der Waals surface area contributed by atoms with Gasteiger partial charge < -0.3 is 10.4 Å². The summed E-state index contributed by atoms with van der Waals surface area (Å²) >= 11 is 0. The van der Waals surface area contributed by atoms with Gasteiger partial charge in [-0.3, -0.25) is 19.8 Å². The Morgan fingerprint density at radius 2 is 1.71 bits per heavy atom. The molecule has 7 heteroatoms. The van der Waals surface area contributed by atoms with Crippen LogP contribution in [-0.4, -0.2) is 27.1 Å². The Morgan fingerprint density at radius 3 is 2.33 bits per heavy atom. The Morgan fingerprint density at radius 1 is 1.05 bits per heavy atom.